The van der Waals surface area contributed by atoms with E-state index in [1.165, 1.54) is 44.6 Å². The van der Waals surface area contributed by atoms with E-state index in [4.69, 9.17) is 23.7 Å². The number of esters is 2. The standard InChI is InChI=1S/C34H42N2O9/c1-23-30(33(37)41-3)32(26-9-7-10-27(21-26)36(39)40)31(24(2)35-23)34(38)44-19-8-18-43-29-15-13-25(14-16-29)17-20-42-22-45-28-11-5-4-6-12-28/h7,9-10,13-16,21,28,32,35H,4-6,8,11-12,17-20,22H2,1-3H3/t32-/m0/s1. The molecule has 2 aliphatic rings. The van der Waals surface area contributed by atoms with Gasteiger partial charge in [-0.2, -0.15) is 0 Å². The van der Waals surface area contributed by atoms with Gasteiger partial charge in [0, 0.05) is 29.9 Å². The van der Waals surface area contributed by atoms with Crippen LogP contribution in [0.2, 0.25) is 0 Å². The molecule has 1 N–H and O–H groups in total. The van der Waals surface area contributed by atoms with Crippen molar-refractivity contribution in [1.29, 1.82) is 0 Å². The van der Waals surface area contributed by atoms with Gasteiger partial charge in [0.25, 0.3) is 5.69 Å². The van der Waals surface area contributed by atoms with Crippen molar-refractivity contribution >= 4 is 17.6 Å². The smallest absolute Gasteiger partial charge is 0.336 e. The molecule has 45 heavy (non-hydrogen) atoms. The Bertz CT molecular complexity index is 1390. The number of benzene rings is 2. The Hall–Kier alpha value is -4.22. The van der Waals surface area contributed by atoms with Gasteiger partial charge in [0.2, 0.25) is 0 Å². The second kappa shape index (κ2) is 16.7. The third-order valence-electron chi connectivity index (χ3n) is 7.99. The highest BCUT2D eigenvalue weighted by Crippen LogP contribution is 2.40. The first-order valence-corrected chi connectivity index (χ1v) is 15.4. The van der Waals surface area contributed by atoms with Crippen molar-refractivity contribution in [1.82, 2.24) is 5.32 Å². The highest BCUT2D eigenvalue weighted by atomic mass is 16.7. The molecule has 11 nitrogen and oxygen atoms in total. The van der Waals surface area contributed by atoms with E-state index in [1.807, 2.05) is 24.3 Å². The maximum Gasteiger partial charge on any atom is 0.336 e. The minimum Gasteiger partial charge on any atom is -0.493 e. The lowest BCUT2D eigenvalue weighted by atomic mass is 9.80. The van der Waals surface area contributed by atoms with E-state index in [0.29, 0.717) is 55.2 Å². The Morgan fingerprint density at radius 3 is 2.33 bits per heavy atom. The van der Waals surface area contributed by atoms with E-state index in [-0.39, 0.29) is 23.4 Å². The molecule has 11 heteroatoms. The van der Waals surface area contributed by atoms with Crippen LogP contribution in [-0.4, -0.2) is 56.7 Å². The van der Waals surface area contributed by atoms with Crippen molar-refractivity contribution in [3.8, 4) is 5.75 Å². The van der Waals surface area contributed by atoms with Crippen LogP contribution < -0.4 is 10.1 Å². The summed E-state index contributed by atoms with van der Waals surface area (Å²) in [5.41, 5.74) is 2.72. The van der Waals surface area contributed by atoms with Gasteiger partial charge in [0.1, 0.15) is 12.5 Å². The van der Waals surface area contributed by atoms with Gasteiger partial charge < -0.3 is 29.0 Å². The van der Waals surface area contributed by atoms with Crippen LogP contribution in [0.25, 0.3) is 0 Å². The predicted octanol–water partition coefficient (Wildman–Crippen LogP) is 5.88. The van der Waals surface area contributed by atoms with E-state index in [0.717, 1.165) is 24.8 Å². The maximum absolute atomic E-state index is 13.4. The number of hydrogen-bond acceptors (Lipinski definition) is 10. The number of hydrogen-bond donors (Lipinski definition) is 1. The van der Waals surface area contributed by atoms with E-state index < -0.39 is 22.8 Å². The SMILES string of the molecule is COC(=O)C1=C(C)NC(C)=C(C(=O)OCCCOc2ccc(CCOCOC3CCCCC3)cc2)[C@H]1c1cccc([N+](=O)[O-])c1. The van der Waals surface area contributed by atoms with Crippen LogP contribution in [0.15, 0.2) is 71.1 Å². The molecular formula is C34H42N2O9. The number of nitro benzene ring substituents is 1. The van der Waals surface area contributed by atoms with E-state index in [1.54, 1.807) is 19.9 Å². The number of carbonyl (C=O) groups is 2. The molecule has 1 fully saturated rings. The average molecular weight is 623 g/mol. The molecule has 2 aromatic carbocycles. The fourth-order valence-electron chi connectivity index (χ4n) is 5.67. The maximum atomic E-state index is 13.4. The molecular weight excluding hydrogens is 580 g/mol. The second-order valence-corrected chi connectivity index (χ2v) is 11.2. The summed E-state index contributed by atoms with van der Waals surface area (Å²) in [4.78, 5) is 37.1. The molecule has 242 valence electrons. The van der Waals surface area contributed by atoms with Gasteiger partial charge in [-0.05, 0) is 56.4 Å². The number of methoxy groups -OCH3 is 1. The zero-order valence-electron chi connectivity index (χ0n) is 26.2. The number of allylic oxidation sites excluding steroid dienone is 2. The van der Waals surface area contributed by atoms with Gasteiger partial charge in [-0.15, -0.1) is 0 Å². The topological polar surface area (TPSA) is 135 Å². The molecule has 1 saturated carbocycles. The molecule has 0 saturated heterocycles. The normalized spacial score (nSPS) is 17.1. The molecule has 0 spiro atoms. The number of ether oxygens (including phenoxy) is 5. The summed E-state index contributed by atoms with van der Waals surface area (Å²) in [6.07, 6.45) is 7.57. The molecule has 0 bridgehead atoms. The monoisotopic (exact) mass is 622 g/mol. The minimum atomic E-state index is -0.907. The molecule has 1 aliphatic heterocycles. The van der Waals surface area contributed by atoms with Crippen LogP contribution in [0.1, 0.15) is 69.4 Å². The third kappa shape index (κ3) is 9.39. The van der Waals surface area contributed by atoms with Crippen LogP contribution in [0.4, 0.5) is 5.69 Å². The van der Waals surface area contributed by atoms with Crippen molar-refractivity contribution in [2.24, 2.45) is 0 Å². The lowest BCUT2D eigenvalue weighted by molar-refractivity contribution is -0.384. The average Bonchev–Trinajstić information content (AvgIpc) is 3.04. The van der Waals surface area contributed by atoms with Crippen LogP contribution in [-0.2, 0) is 35.0 Å². The Morgan fingerprint density at radius 2 is 1.64 bits per heavy atom. The first kappa shape index (κ1) is 33.7. The van der Waals surface area contributed by atoms with Crippen molar-refractivity contribution in [2.75, 3.05) is 33.7 Å². The number of carbonyl (C=O) groups excluding carboxylic acids is 2. The number of non-ortho nitro benzene ring substituents is 1. The summed E-state index contributed by atoms with van der Waals surface area (Å²) in [7, 11) is 1.24. The molecule has 2 aromatic rings. The van der Waals surface area contributed by atoms with E-state index in [2.05, 4.69) is 5.32 Å². The Balaban J connectivity index is 1.26. The molecule has 1 atom stereocenters. The zero-order valence-corrected chi connectivity index (χ0v) is 26.2. The molecule has 0 unspecified atom stereocenters. The van der Waals surface area contributed by atoms with Gasteiger partial charge in [-0.3, -0.25) is 10.1 Å². The number of nitrogens with one attached hydrogen (secondary N) is 1. The summed E-state index contributed by atoms with van der Waals surface area (Å²) < 4.78 is 27.9. The third-order valence-corrected chi connectivity index (χ3v) is 7.99. The van der Waals surface area contributed by atoms with Crippen LogP contribution in [0.3, 0.4) is 0 Å². The van der Waals surface area contributed by atoms with Crippen LogP contribution in [0, 0.1) is 10.1 Å². The first-order valence-electron chi connectivity index (χ1n) is 15.4. The molecule has 1 aliphatic carbocycles. The van der Waals surface area contributed by atoms with Gasteiger partial charge in [0.05, 0.1) is 55.0 Å². The number of rotatable bonds is 15. The lowest BCUT2D eigenvalue weighted by Gasteiger charge is -2.30. The van der Waals surface area contributed by atoms with E-state index >= 15 is 0 Å². The van der Waals surface area contributed by atoms with Crippen LogP contribution in [0.5, 0.6) is 5.75 Å². The van der Waals surface area contributed by atoms with Gasteiger partial charge >= 0.3 is 11.9 Å². The first-order chi connectivity index (χ1) is 21.8. The highest BCUT2D eigenvalue weighted by Gasteiger charge is 2.38. The number of dihydropyridines is 1. The molecule has 4 rings (SSSR count). The summed E-state index contributed by atoms with van der Waals surface area (Å²) in [6, 6.07) is 13.6. The fraction of sp³-hybridized carbons (Fsp3) is 0.471. The van der Waals surface area contributed by atoms with Gasteiger partial charge in [-0.1, -0.05) is 43.5 Å². The van der Waals surface area contributed by atoms with Crippen molar-refractivity contribution in [2.45, 2.75) is 70.8 Å². The fourth-order valence-corrected chi connectivity index (χ4v) is 5.67. The molecule has 0 amide bonds. The summed E-state index contributed by atoms with van der Waals surface area (Å²) >= 11 is 0. The van der Waals surface area contributed by atoms with Gasteiger partial charge in [0.15, 0.2) is 0 Å². The highest BCUT2D eigenvalue weighted by molar-refractivity contribution is 5.99. The molecule has 0 aromatic heterocycles. The molecule has 0 radical (unpaired) electrons. The number of nitro groups is 1. The number of nitrogens with zero attached hydrogens (tertiary/aromatic N) is 1. The quantitative estimate of drug-likeness (QED) is 0.0843. The Morgan fingerprint density at radius 1 is 0.933 bits per heavy atom. The summed E-state index contributed by atoms with van der Waals surface area (Å²) in [5, 5.41) is 14.5. The van der Waals surface area contributed by atoms with Crippen LogP contribution >= 0.6 is 0 Å². The summed E-state index contributed by atoms with van der Waals surface area (Å²) in [6.45, 7) is 4.71. The summed E-state index contributed by atoms with van der Waals surface area (Å²) in [5.74, 6) is -1.49. The van der Waals surface area contributed by atoms with Crippen molar-refractivity contribution < 1.29 is 38.2 Å². The van der Waals surface area contributed by atoms with Crippen molar-refractivity contribution in [3.05, 3.63) is 92.3 Å². The zero-order chi connectivity index (χ0) is 32.2. The van der Waals surface area contributed by atoms with Gasteiger partial charge in [-0.25, -0.2) is 9.59 Å². The second-order valence-electron chi connectivity index (χ2n) is 11.2. The van der Waals surface area contributed by atoms with Crippen molar-refractivity contribution in [3.63, 3.8) is 0 Å². The lowest BCUT2D eigenvalue weighted by Crippen LogP contribution is -2.32. The Kier molecular flexibility index (Phi) is 12.5. The predicted molar refractivity (Wildman–Crippen MR) is 166 cm³/mol. The Labute approximate surface area is 263 Å². The van der Waals surface area contributed by atoms with E-state index in [9.17, 15) is 19.7 Å². The largest absolute Gasteiger partial charge is 0.493 e. The minimum absolute atomic E-state index is 0.0753. The molecule has 1 heterocycles.